The van der Waals surface area contributed by atoms with Gasteiger partial charge in [0.05, 0.1) is 11.7 Å². The maximum Gasteiger partial charge on any atom is 0.0651 e. The minimum absolute atomic E-state index is 0.692. The Hall–Kier alpha value is -2.00. The lowest BCUT2D eigenvalue weighted by Gasteiger charge is -2.29. The fraction of sp³-hybridized carbons (Fsp3) is 0.350. The summed E-state index contributed by atoms with van der Waals surface area (Å²) in [5.74, 6) is 0.692. The van der Waals surface area contributed by atoms with Gasteiger partial charge in [-0.1, -0.05) is 50.4 Å². The molecule has 0 bridgehead atoms. The topological polar surface area (TPSA) is 31.9 Å². The summed E-state index contributed by atoms with van der Waals surface area (Å²) in [6, 6.07) is 14.7. The lowest BCUT2D eigenvalue weighted by Crippen LogP contribution is -2.28. The van der Waals surface area contributed by atoms with Crippen LogP contribution in [0.2, 0.25) is 5.02 Å². The van der Waals surface area contributed by atoms with Crippen LogP contribution in [0.1, 0.15) is 32.3 Å². The fourth-order valence-corrected chi connectivity index (χ4v) is 3.18. The zero-order valence-electron chi connectivity index (χ0n) is 14.3. The van der Waals surface area contributed by atoms with Crippen molar-refractivity contribution in [3.8, 4) is 0 Å². The van der Waals surface area contributed by atoms with Crippen molar-refractivity contribution >= 4 is 28.2 Å². The molecule has 1 N–H and O–H groups in total. The SMILES string of the molecule is CCC(CC)CN(Cc1ccc(Cl)cc1)c1ccc2[nH]ncc2c1. The standard InChI is InChI=1S/C20H24ClN3/c1-3-15(4-2)13-24(14-16-5-7-18(21)8-6-16)19-9-10-20-17(11-19)12-22-23-20/h5-12,15H,3-4,13-14H2,1-2H3,(H,22,23). The van der Waals surface area contributed by atoms with Gasteiger partial charge in [-0.3, -0.25) is 5.10 Å². The number of aromatic nitrogens is 2. The predicted octanol–water partition coefficient (Wildman–Crippen LogP) is 5.66. The van der Waals surface area contributed by atoms with E-state index in [0.29, 0.717) is 5.92 Å². The van der Waals surface area contributed by atoms with Crippen molar-refractivity contribution in [1.82, 2.24) is 10.2 Å². The van der Waals surface area contributed by atoms with Crippen molar-refractivity contribution < 1.29 is 0 Å². The number of rotatable bonds is 7. The van der Waals surface area contributed by atoms with Gasteiger partial charge in [0, 0.05) is 29.2 Å². The highest BCUT2D eigenvalue weighted by molar-refractivity contribution is 6.30. The molecule has 3 rings (SSSR count). The molecule has 126 valence electrons. The molecule has 0 aliphatic carbocycles. The summed E-state index contributed by atoms with van der Waals surface area (Å²) in [7, 11) is 0. The van der Waals surface area contributed by atoms with Crippen LogP contribution in [-0.2, 0) is 6.54 Å². The van der Waals surface area contributed by atoms with Gasteiger partial charge in [0.15, 0.2) is 0 Å². The van der Waals surface area contributed by atoms with Crippen molar-refractivity contribution in [3.05, 3.63) is 59.2 Å². The van der Waals surface area contributed by atoms with Crippen LogP contribution >= 0.6 is 11.6 Å². The van der Waals surface area contributed by atoms with E-state index in [1.165, 1.54) is 24.1 Å². The lowest BCUT2D eigenvalue weighted by molar-refractivity contribution is 0.482. The average molecular weight is 342 g/mol. The molecule has 3 nitrogen and oxygen atoms in total. The van der Waals surface area contributed by atoms with Crippen LogP contribution in [-0.4, -0.2) is 16.7 Å². The van der Waals surface area contributed by atoms with Gasteiger partial charge in [0.25, 0.3) is 0 Å². The lowest BCUT2D eigenvalue weighted by atomic mass is 10.0. The molecule has 1 aromatic heterocycles. The Morgan fingerprint density at radius 2 is 1.83 bits per heavy atom. The van der Waals surface area contributed by atoms with E-state index in [-0.39, 0.29) is 0 Å². The third kappa shape index (κ3) is 3.90. The number of anilines is 1. The monoisotopic (exact) mass is 341 g/mol. The summed E-state index contributed by atoms with van der Waals surface area (Å²) in [5, 5.41) is 9.09. The molecule has 24 heavy (non-hydrogen) atoms. The van der Waals surface area contributed by atoms with Crippen LogP contribution in [0.5, 0.6) is 0 Å². The Morgan fingerprint density at radius 1 is 1.08 bits per heavy atom. The number of aromatic amines is 1. The van der Waals surface area contributed by atoms with Gasteiger partial charge in [0.2, 0.25) is 0 Å². The number of benzene rings is 2. The second-order valence-corrected chi connectivity index (χ2v) is 6.77. The van der Waals surface area contributed by atoms with Gasteiger partial charge in [-0.05, 0) is 41.8 Å². The first kappa shape index (κ1) is 16.8. The normalized spacial score (nSPS) is 11.3. The van der Waals surface area contributed by atoms with Gasteiger partial charge in [-0.25, -0.2) is 0 Å². The van der Waals surface area contributed by atoms with E-state index >= 15 is 0 Å². The molecule has 3 aromatic rings. The summed E-state index contributed by atoms with van der Waals surface area (Å²) in [4.78, 5) is 2.47. The molecule has 1 heterocycles. The van der Waals surface area contributed by atoms with E-state index < -0.39 is 0 Å². The second-order valence-electron chi connectivity index (χ2n) is 6.33. The summed E-state index contributed by atoms with van der Waals surface area (Å²) >= 11 is 6.02. The second kappa shape index (κ2) is 7.71. The Balaban J connectivity index is 1.89. The maximum atomic E-state index is 6.02. The molecule has 0 saturated heterocycles. The van der Waals surface area contributed by atoms with Crippen molar-refractivity contribution in [3.63, 3.8) is 0 Å². The van der Waals surface area contributed by atoms with Crippen molar-refractivity contribution in [2.75, 3.05) is 11.4 Å². The number of H-pyrrole nitrogens is 1. The zero-order chi connectivity index (χ0) is 16.9. The molecule has 0 atom stereocenters. The van der Waals surface area contributed by atoms with Crippen molar-refractivity contribution in [2.45, 2.75) is 33.2 Å². The predicted molar refractivity (Wildman–Crippen MR) is 103 cm³/mol. The van der Waals surface area contributed by atoms with E-state index in [1.807, 2.05) is 18.3 Å². The largest absolute Gasteiger partial charge is 0.367 e. The van der Waals surface area contributed by atoms with Crippen LogP contribution in [0.4, 0.5) is 5.69 Å². The Kier molecular flexibility index (Phi) is 5.41. The van der Waals surface area contributed by atoms with Crippen LogP contribution in [0, 0.1) is 5.92 Å². The van der Waals surface area contributed by atoms with Crippen LogP contribution < -0.4 is 4.90 Å². The smallest absolute Gasteiger partial charge is 0.0651 e. The molecular weight excluding hydrogens is 318 g/mol. The first-order valence-electron chi connectivity index (χ1n) is 8.62. The Bertz CT molecular complexity index is 775. The minimum Gasteiger partial charge on any atom is -0.367 e. The number of nitrogens with one attached hydrogen (secondary N) is 1. The molecule has 0 fully saturated rings. The molecular formula is C20H24ClN3. The van der Waals surface area contributed by atoms with E-state index in [2.05, 4.69) is 59.3 Å². The molecule has 0 spiro atoms. The Morgan fingerprint density at radius 3 is 2.54 bits per heavy atom. The first-order valence-corrected chi connectivity index (χ1v) is 9.00. The minimum atomic E-state index is 0.692. The van der Waals surface area contributed by atoms with E-state index in [4.69, 9.17) is 11.6 Å². The van der Waals surface area contributed by atoms with Crippen LogP contribution in [0.15, 0.2) is 48.7 Å². The van der Waals surface area contributed by atoms with E-state index in [1.54, 1.807) is 0 Å². The quantitative estimate of drug-likeness (QED) is 0.601. The van der Waals surface area contributed by atoms with Crippen LogP contribution in [0.25, 0.3) is 10.9 Å². The molecule has 0 saturated carbocycles. The highest BCUT2D eigenvalue weighted by atomic mass is 35.5. The molecule has 2 aromatic carbocycles. The third-order valence-electron chi connectivity index (χ3n) is 4.71. The highest BCUT2D eigenvalue weighted by Gasteiger charge is 2.14. The summed E-state index contributed by atoms with van der Waals surface area (Å²) in [6.45, 7) is 6.48. The van der Waals surface area contributed by atoms with E-state index in [0.717, 1.165) is 29.0 Å². The van der Waals surface area contributed by atoms with Crippen LogP contribution in [0.3, 0.4) is 0 Å². The summed E-state index contributed by atoms with van der Waals surface area (Å²) < 4.78 is 0. The molecule has 0 aliphatic heterocycles. The van der Waals surface area contributed by atoms with Gasteiger partial charge < -0.3 is 4.90 Å². The summed E-state index contributed by atoms with van der Waals surface area (Å²) in [5.41, 5.74) is 3.59. The number of halogens is 1. The molecule has 0 radical (unpaired) electrons. The van der Waals surface area contributed by atoms with E-state index in [9.17, 15) is 0 Å². The first-order chi connectivity index (χ1) is 11.7. The van der Waals surface area contributed by atoms with Crippen molar-refractivity contribution in [2.24, 2.45) is 5.92 Å². The molecule has 0 amide bonds. The molecule has 0 aliphatic rings. The van der Waals surface area contributed by atoms with Gasteiger partial charge >= 0.3 is 0 Å². The number of hydrogen-bond donors (Lipinski definition) is 1. The zero-order valence-corrected chi connectivity index (χ0v) is 15.1. The molecule has 4 heteroatoms. The maximum absolute atomic E-state index is 6.02. The average Bonchev–Trinajstić information content (AvgIpc) is 3.08. The highest BCUT2D eigenvalue weighted by Crippen LogP contribution is 2.25. The number of hydrogen-bond acceptors (Lipinski definition) is 2. The molecule has 0 unspecified atom stereocenters. The third-order valence-corrected chi connectivity index (χ3v) is 4.96. The van der Waals surface area contributed by atoms with Gasteiger partial charge in [-0.2, -0.15) is 5.10 Å². The summed E-state index contributed by atoms with van der Waals surface area (Å²) in [6.07, 6.45) is 4.28. The fourth-order valence-electron chi connectivity index (χ4n) is 3.06. The number of nitrogens with zero attached hydrogens (tertiary/aromatic N) is 2. The Labute approximate surface area is 148 Å². The number of fused-ring (bicyclic) bond motifs is 1. The van der Waals surface area contributed by atoms with Gasteiger partial charge in [-0.15, -0.1) is 0 Å². The van der Waals surface area contributed by atoms with Crippen molar-refractivity contribution in [1.29, 1.82) is 0 Å². The van der Waals surface area contributed by atoms with Gasteiger partial charge in [0.1, 0.15) is 0 Å².